The minimum Gasteiger partial charge on any atom is -0.726 e. The van der Waals surface area contributed by atoms with Crippen LogP contribution in [-0.2, 0) is 29.2 Å². The molecule has 0 heterocycles. The van der Waals surface area contributed by atoms with Gasteiger partial charge in [-0.1, -0.05) is 0 Å². The van der Waals surface area contributed by atoms with Crippen LogP contribution in [0.25, 0.3) is 0 Å². The van der Waals surface area contributed by atoms with E-state index in [-0.39, 0.29) is 0 Å². The van der Waals surface area contributed by atoms with Crippen LogP contribution in [-0.4, -0.2) is 105 Å². The molecule has 10 nitrogen and oxygen atoms in total. The predicted molar refractivity (Wildman–Crippen MR) is 93.1 cm³/mol. The standard InChI is InChI=1S/C11H28N2.2CH4O4S/c1-12(2,3)10-8-7-9-11-13(4,5)6;2*1-5-6(2,3)4/h7-11H2,1-6H3;2*1H3,(H,2,3,4)/q+2;;/p-2. The van der Waals surface area contributed by atoms with E-state index in [1.54, 1.807) is 0 Å². The number of quaternary nitrogens is 2. The van der Waals surface area contributed by atoms with Crippen molar-refractivity contribution in [1.29, 1.82) is 0 Å². The molecule has 0 spiro atoms. The van der Waals surface area contributed by atoms with Crippen LogP contribution < -0.4 is 0 Å². The maximum absolute atomic E-state index is 9.22. The van der Waals surface area contributed by atoms with Crippen molar-refractivity contribution in [3.8, 4) is 0 Å². The second-order valence-corrected chi connectivity index (χ2v) is 9.54. The van der Waals surface area contributed by atoms with Gasteiger partial charge in [0.05, 0.1) is 69.6 Å². The summed E-state index contributed by atoms with van der Waals surface area (Å²) >= 11 is 0. The molecule has 0 radical (unpaired) electrons. The van der Waals surface area contributed by atoms with E-state index in [0.29, 0.717) is 0 Å². The molecule has 0 unspecified atom stereocenters. The lowest BCUT2D eigenvalue weighted by atomic mass is 10.2. The molecule has 0 aliphatic heterocycles. The highest BCUT2D eigenvalue weighted by atomic mass is 32.3. The Morgan fingerprint density at radius 2 is 0.840 bits per heavy atom. The lowest BCUT2D eigenvalue weighted by Gasteiger charge is -2.25. The van der Waals surface area contributed by atoms with Gasteiger partial charge in [0.2, 0.25) is 20.8 Å². The van der Waals surface area contributed by atoms with E-state index >= 15 is 0 Å². The summed E-state index contributed by atoms with van der Waals surface area (Å²) in [4.78, 5) is 0. The van der Waals surface area contributed by atoms with Gasteiger partial charge >= 0.3 is 0 Å². The first-order valence-electron chi connectivity index (χ1n) is 7.47. The van der Waals surface area contributed by atoms with Gasteiger partial charge in [-0.15, -0.1) is 0 Å². The molecule has 0 aromatic rings. The zero-order chi connectivity index (χ0) is 20.9. The predicted octanol–water partition coefficient (Wildman–Crippen LogP) is -0.245. The van der Waals surface area contributed by atoms with Crippen LogP contribution in [0, 0.1) is 0 Å². The summed E-state index contributed by atoms with van der Waals surface area (Å²) < 4.78 is 64.2. The Morgan fingerprint density at radius 3 is 0.960 bits per heavy atom. The Morgan fingerprint density at radius 1 is 0.640 bits per heavy atom. The van der Waals surface area contributed by atoms with Gasteiger partial charge in [-0.2, -0.15) is 0 Å². The fourth-order valence-electron chi connectivity index (χ4n) is 1.35. The van der Waals surface area contributed by atoms with Gasteiger partial charge in [0.1, 0.15) is 0 Å². The van der Waals surface area contributed by atoms with Gasteiger partial charge < -0.3 is 18.1 Å². The number of nitrogens with zero attached hydrogens (tertiary/aromatic N) is 2. The molecule has 156 valence electrons. The first-order chi connectivity index (χ1) is 10.8. The van der Waals surface area contributed by atoms with Crippen molar-refractivity contribution in [2.24, 2.45) is 0 Å². The van der Waals surface area contributed by atoms with Gasteiger partial charge in [-0.25, -0.2) is 16.8 Å². The smallest absolute Gasteiger partial charge is 0.217 e. The van der Waals surface area contributed by atoms with E-state index in [9.17, 15) is 25.9 Å². The summed E-state index contributed by atoms with van der Waals surface area (Å²) in [5, 5.41) is 0. The molecule has 0 saturated heterocycles. The Bertz CT molecular complexity index is 471. The molecule has 0 saturated carbocycles. The highest BCUT2D eigenvalue weighted by Gasteiger charge is 2.08. The summed E-state index contributed by atoms with van der Waals surface area (Å²) in [6.07, 6.45) is 4.11. The third-order valence-electron chi connectivity index (χ3n) is 2.57. The first kappa shape index (κ1) is 29.4. The maximum atomic E-state index is 9.22. The molecule has 0 rings (SSSR count). The molecule has 0 atom stereocenters. The number of rotatable bonds is 8. The highest BCUT2D eigenvalue weighted by Crippen LogP contribution is 2.03. The second kappa shape index (κ2) is 12.9. The van der Waals surface area contributed by atoms with Gasteiger partial charge in [0.25, 0.3) is 0 Å². The number of unbranched alkanes of at least 4 members (excludes halogenated alkanes) is 2. The van der Waals surface area contributed by atoms with Gasteiger partial charge in [-0.3, -0.25) is 8.37 Å². The average molecular weight is 411 g/mol. The molecular formula is C13H34N2O8S2. The average Bonchev–Trinajstić information content (AvgIpc) is 2.35. The summed E-state index contributed by atoms with van der Waals surface area (Å²) in [6.45, 7) is 2.61. The quantitative estimate of drug-likeness (QED) is 0.232. The Hall–Kier alpha value is -0.340. The van der Waals surface area contributed by atoms with Gasteiger partial charge in [0.15, 0.2) is 0 Å². The summed E-state index contributed by atoms with van der Waals surface area (Å²) in [6, 6.07) is 0. The molecule has 0 amide bonds. The Labute approximate surface area is 153 Å². The van der Waals surface area contributed by atoms with E-state index in [4.69, 9.17) is 0 Å². The molecule has 0 aliphatic carbocycles. The van der Waals surface area contributed by atoms with Crippen molar-refractivity contribution in [2.75, 3.05) is 69.6 Å². The SMILES string of the molecule is COS(=O)(=O)[O-].COS(=O)(=O)[O-].C[N+](C)(C)CCCCC[N+](C)(C)C. The summed E-state index contributed by atoms with van der Waals surface area (Å²) in [5.74, 6) is 0. The fraction of sp³-hybridized carbons (Fsp3) is 1.00. The zero-order valence-electron chi connectivity index (χ0n) is 16.5. The Kier molecular flexibility index (Phi) is 15.2. The Balaban J connectivity index is -0.000000336. The van der Waals surface area contributed by atoms with Crippen LogP contribution in [0.2, 0.25) is 0 Å². The third-order valence-corrected chi connectivity index (χ3v) is 3.38. The molecule has 0 aromatic heterocycles. The van der Waals surface area contributed by atoms with Gasteiger partial charge in [-0.05, 0) is 19.3 Å². The van der Waals surface area contributed by atoms with Gasteiger partial charge in [0, 0.05) is 0 Å². The largest absolute Gasteiger partial charge is 0.726 e. The molecule has 0 aliphatic rings. The lowest BCUT2D eigenvalue weighted by Crippen LogP contribution is -2.36. The highest BCUT2D eigenvalue weighted by molar-refractivity contribution is 7.81. The number of hydrogen-bond donors (Lipinski definition) is 0. The van der Waals surface area contributed by atoms with Crippen molar-refractivity contribution < 1.29 is 43.3 Å². The van der Waals surface area contributed by atoms with E-state index in [1.165, 1.54) is 32.4 Å². The van der Waals surface area contributed by atoms with E-state index < -0.39 is 20.8 Å². The number of hydrogen-bond acceptors (Lipinski definition) is 8. The van der Waals surface area contributed by atoms with Crippen LogP contribution in [0.4, 0.5) is 0 Å². The normalized spacial score (nSPS) is 12.6. The second-order valence-electron chi connectivity index (χ2n) is 7.24. The molecule has 12 heteroatoms. The van der Waals surface area contributed by atoms with Crippen LogP contribution in [0.1, 0.15) is 19.3 Å². The zero-order valence-corrected chi connectivity index (χ0v) is 18.1. The lowest BCUT2D eigenvalue weighted by molar-refractivity contribution is -0.872. The van der Waals surface area contributed by atoms with E-state index in [2.05, 4.69) is 50.7 Å². The van der Waals surface area contributed by atoms with Crippen LogP contribution in [0.5, 0.6) is 0 Å². The maximum Gasteiger partial charge on any atom is 0.217 e. The molecule has 0 fully saturated rings. The molecule has 25 heavy (non-hydrogen) atoms. The van der Waals surface area contributed by atoms with Crippen molar-refractivity contribution in [2.45, 2.75) is 19.3 Å². The first-order valence-corrected chi connectivity index (χ1v) is 10.1. The van der Waals surface area contributed by atoms with Crippen LogP contribution in [0.15, 0.2) is 0 Å². The van der Waals surface area contributed by atoms with Crippen molar-refractivity contribution in [1.82, 2.24) is 0 Å². The van der Waals surface area contributed by atoms with E-state index in [0.717, 1.165) is 23.2 Å². The third kappa shape index (κ3) is 45.3. The van der Waals surface area contributed by atoms with Crippen molar-refractivity contribution >= 4 is 20.8 Å². The molecular weight excluding hydrogens is 376 g/mol. The van der Waals surface area contributed by atoms with Crippen molar-refractivity contribution in [3.05, 3.63) is 0 Å². The fourth-order valence-corrected chi connectivity index (χ4v) is 1.35. The monoisotopic (exact) mass is 410 g/mol. The minimum atomic E-state index is -4.41. The molecule has 0 bridgehead atoms. The minimum absolute atomic E-state index is 0.808. The topological polar surface area (TPSA) is 133 Å². The summed E-state index contributed by atoms with van der Waals surface area (Å²) in [7, 11) is 6.37. The van der Waals surface area contributed by atoms with Crippen LogP contribution in [0.3, 0.4) is 0 Å². The molecule has 0 N–H and O–H groups in total. The van der Waals surface area contributed by atoms with Crippen molar-refractivity contribution in [3.63, 3.8) is 0 Å². The van der Waals surface area contributed by atoms with E-state index in [1.807, 2.05) is 0 Å². The van der Waals surface area contributed by atoms with Crippen LogP contribution >= 0.6 is 0 Å². The molecule has 0 aromatic carbocycles. The summed E-state index contributed by atoms with van der Waals surface area (Å²) in [5.41, 5.74) is 0.